The Hall–Kier alpha value is -6.88. The van der Waals surface area contributed by atoms with Crippen molar-refractivity contribution in [3.8, 4) is 67.5 Å². The van der Waals surface area contributed by atoms with Gasteiger partial charge in [-0.2, -0.15) is 0 Å². The fourth-order valence-electron chi connectivity index (χ4n) is 8.69. The van der Waals surface area contributed by atoms with E-state index >= 15 is 0 Å². The lowest BCUT2D eigenvalue weighted by molar-refractivity contribution is 0.722. The molecular formula is C52H33N3S. The summed E-state index contributed by atoms with van der Waals surface area (Å²) in [6, 6.07) is 71.4. The van der Waals surface area contributed by atoms with Gasteiger partial charge in [-0.25, -0.2) is 15.0 Å². The van der Waals surface area contributed by atoms with Crippen molar-refractivity contribution in [1.82, 2.24) is 15.0 Å². The van der Waals surface area contributed by atoms with E-state index in [0.717, 1.165) is 27.8 Å². The highest BCUT2D eigenvalue weighted by molar-refractivity contribution is 7.99. The smallest absolute Gasteiger partial charge is 0.165 e. The highest BCUT2D eigenvalue weighted by atomic mass is 32.2. The first-order valence-corrected chi connectivity index (χ1v) is 19.8. The fourth-order valence-corrected chi connectivity index (χ4v) is 9.99. The highest BCUT2D eigenvalue weighted by Gasteiger charge is 2.50. The summed E-state index contributed by atoms with van der Waals surface area (Å²) in [6.45, 7) is 0. The molecule has 1 aromatic heterocycles. The molecule has 0 atom stereocenters. The summed E-state index contributed by atoms with van der Waals surface area (Å²) in [5, 5.41) is 0. The molecule has 0 bridgehead atoms. The molecule has 262 valence electrons. The number of aromatic nitrogens is 3. The van der Waals surface area contributed by atoms with E-state index in [4.69, 9.17) is 15.0 Å². The Kier molecular flexibility index (Phi) is 7.64. The molecule has 0 radical (unpaired) electrons. The number of rotatable bonds is 5. The Bertz CT molecular complexity index is 2770. The summed E-state index contributed by atoms with van der Waals surface area (Å²) in [7, 11) is 0. The third kappa shape index (κ3) is 5.10. The Morgan fingerprint density at radius 1 is 0.286 bits per heavy atom. The maximum absolute atomic E-state index is 5.30. The first-order chi connectivity index (χ1) is 27.8. The van der Waals surface area contributed by atoms with Gasteiger partial charge in [-0.3, -0.25) is 0 Å². The van der Waals surface area contributed by atoms with E-state index in [2.05, 4.69) is 188 Å². The second-order valence-electron chi connectivity index (χ2n) is 14.3. The molecule has 1 aliphatic heterocycles. The molecule has 0 N–H and O–H groups in total. The van der Waals surface area contributed by atoms with Crippen LogP contribution in [-0.2, 0) is 5.41 Å². The van der Waals surface area contributed by atoms with Gasteiger partial charge in [0.15, 0.2) is 17.5 Å². The van der Waals surface area contributed by atoms with E-state index < -0.39 is 5.41 Å². The second-order valence-corrected chi connectivity index (χ2v) is 15.4. The number of nitrogens with zero attached hydrogens (tertiary/aromatic N) is 3. The first kappa shape index (κ1) is 32.5. The minimum Gasteiger partial charge on any atom is -0.208 e. The Labute approximate surface area is 330 Å². The number of hydrogen-bond donors (Lipinski definition) is 0. The lowest BCUT2D eigenvalue weighted by Crippen LogP contribution is -2.32. The van der Waals surface area contributed by atoms with Gasteiger partial charge < -0.3 is 0 Å². The van der Waals surface area contributed by atoms with E-state index in [9.17, 15) is 0 Å². The van der Waals surface area contributed by atoms with Crippen molar-refractivity contribution in [3.63, 3.8) is 0 Å². The molecule has 2 heterocycles. The molecule has 0 amide bonds. The Morgan fingerprint density at radius 3 is 1.23 bits per heavy atom. The summed E-state index contributed by atoms with van der Waals surface area (Å²) < 4.78 is 0. The van der Waals surface area contributed by atoms with Gasteiger partial charge in [0, 0.05) is 26.5 Å². The van der Waals surface area contributed by atoms with Crippen LogP contribution in [0.25, 0.3) is 67.5 Å². The molecule has 3 nitrogen and oxygen atoms in total. The van der Waals surface area contributed by atoms with E-state index in [0.29, 0.717) is 17.5 Å². The summed E-state index contributed by atoms with van der Waals surface area (Å²) in [4.78, 5) is 18.2. The molecular weight excluding hydrogens is 699 g/mol. The normalized spacial score (nSPS) is 13.1. The van der Waals surface area contributed by atoms with E-state index in [-0.39, 0.29) is 0 Å². The zero-order valence-electron chi connectivity index (χ0n) is 30.3. The van der Waals surface area contributed by atoms with Gasteiger partial charge in [0.1, 0.15) is 0 Å². The third-order valence-corrected chi connectivity index (χ3v) is 12.5. The average Bonchev–Trinajstić information content (AvgIpc) is 3.57. The molecule has 4 heteroatoms. The van der Waals surface area contributed by atoms with Crippen molar-refractivity contribution < 1.29 is 0 Å². The van der Waals surface area contributed by atoms with E-state index in [1.165, 1.54) is 54.3 Å². The van der Waals surface area contributed by atoms with Crippen molar-refractivity contribution in [2.45, 2.75) is 15.2 Å². The lowest BCUT2D eigenvalue weighted by atomic mass is 9.67. The van der Waals surface area contributed by atoms with Crippen molar-refractivity contribution in [2.75, 3.05) is 0 Å². The molecule has 0 saturated heterocycles. The zero-order valence-corrected chi connectivity index (χ0v) is 31.1. The van der Waals surface area contributed by atoms with Crippen molar-refractivity contribution in [2.24, 2.45) is 0 Å². The molecule has 0 saturated carbocycles. The van der Waals surface area contributed by atoms with Crippen LogP contribution in [0, 0.1) is 0 Å². The molecule has 1 spiro atoms. The third-order valence-electron chi connectivity index (χ3n) is 11.3. The SMILES string of the molecule is c1ccc(-c2ccc(-c3nc(-c4ccc(-c5ccccc5)cc4)nc(-c4cccc5c4Sc4ccccc4C54c5ccccc5-c5ccccc54)n3)cc2)cc1. The largest absolute Gasteiger partial charge is 0.208 e. The zero-order chi connectivity index (χ0) is 37.1. The molecule has 8 aromatic carbocycles. The van der Waals surface area contributed by atoms with Gasteiger partial charge in [0.25, 0.3) is 0 Å². The predicted octanol–water partition coefficient (Wildman–Crippen LogP) is 13.0. The van der Waals surface area contributed by atoms with Crippen LogP contribution in [0.15, 0.2) is 210 Å². The van der Waals surface area contributed by atoms with E-state index in [1.807, 2.05) is 23.9 Å². The molecule has 0 unspecified atom stereocenters. The van der Waals surface area contributed by atoms with Crippen LogP contribution in [0.1, 0.15) is 22.3 Å². The van der Waals surface area contributed by atoms with E-state index in [1.54, 1.807) is 0 Å². The van der Waals surface area contributed by atoms with Gasteiger partial charge >= 0.3 is 0 Å². The number of hydrogen-bond acceptors (Lipinski definition) is 4. The summed E-state index contributed by atoms with van der Waals surface area (Å²) in [5.74, 6) is 1.94. The van der Waals surface area contributed by atoms with Crippen molar-refractivity contribution in [3.05, 3.63) is 222 Å². The first-order valence-electron chi connectivity index (χ1n) is 18.9. The maximum atomic E-state index is 5.30. The van der Waals surface area contributed by atoms with Gasteiger partial charge in [-0.1, -0.05) is 206 Å². The molecule has 0 fully saturated rings. The predicted molar refractivity (Wildman–Crippen MR) is 228 cm³/mol. The van der Waals surface area contributed by atoms with Gasteiger partial charge in [-0.15, -0.1) is 0 Å². The van der Waals surface area contributed by atoms with Crippen LogP contribution in [0.5, 0.6) is 0 Å². The van der Waals surface area contributed by atoms with Crippen molar-refractivity contribution in [1.29, 1.82) is 0 Å². The molecule has 2 aliphatic rings. The number of benzene rings is 8. The summed E-state index contributed by atoms with van der Waals surface area (Å²) in [6.07, 6.45) is 0. The van der Waals surface area contributed by atoms with Crippen LogP contribution in [0.4, 0.5) is 0 Å². The van der Waals surface area contributed by atoms with Gasteiger partial charge in [-0.05, 0) is 61.7 Å². The quantitative estimate of drug-likeness (QED) is 0.177. The molecule has 56 heavy (non-hydrogen) atoms. The minimum absolute atomic E-state index is 0.487. The Balaban J connectivity index is 1.12. The number of fused-ring (bicyclic) bond motifs is 9. The van der Waals surface area contributed by atoms with Crippen molar-refractivity contribution >= 4 is 11.8 Å². The highest BCUT2D eigenvalue weighted by Crippen LogP contribution is 2.63. The summed E-state index contributed by atoms with van der Waals surface area (Å²) >= 11 is 1.82. The topological polar surface area (TPSA) is 38.7 Å². The molecule has 11 rings (SSSR count). The monoisotopic (exact) mass is 731 g/mol. The van der Waals surface area contributed by atoms with Crippen LogP contribution in [0.2, 0.25) is 0 Å². The standard InChI is InChI=1S/C52H33N3S/c1-3-14-34(15-4-1)36-26-30-38(31-27-36)49-53-50(39-32-28-37(29-33-39)35-16-5-2-6-17-35)55-51(54-49)42-20-13-24-46-48(42)56-47-25-12-11-23-45(47)52(46)43-21-9-7-18-40(43)41-19-8-10-22-44(41)52/h1-33H. The van der Waals surface area contributed by atoms with Gasteiger partial charge in [0.2, 0.25) is 0 Å². The maximum Gasteiger partial charge on any atom is 0.165 e. The lowest BCUT2D eigenvalue weighted by Gasteiger charge is -2.40. The molecule has 9 aromatic rings. The van der Waals surface area contributed by atoms with Crippen LogP contribution in [0.3, 0.4) is 0 Å². The second kappa shape index (κ2) is 13.2. The average molecular weight is 732 g/mol. The van der Waals surface area contributed by atoms with Gasteiger partial charge in [0.05, 0.1) is 5.41 Å². The minimum atomic E-state index is -0.487. The van der Waals surface area contributed by atoms with Crippen LogP contribution < -0.4 is 0 Å². The Morgan fingerprint density at radius 2 is 0.679 bits per heavy atom. The summed E-state index contributed by atoms with van der Waals surface area (Å²) in [5.41, 5.74) is 14.8. The van der Waals surface area contributed by atoms with Crippen LogP contribution >= 0.6 is 11.8 Å². The molecule has 1 aliphatic carbocycles. The van der Waals surface area contributed by atoms with Crippen LogP contribution in [-0.4, -0.2) is 15.0 Å². The fraction of sp³-hybridized carbons (Fsp3) is 0.0192.